The number of benzene rings is 1. The van der Waals surface area contributed by atoms with Gasteiger partial charge in [-0.15, -0.1) is 0 Å². The number of hydrogen-bond acceptors (Lipinski definition) is 5. The molecule has 0 saturated carbocycles. The monoisotopic (exact) mass is 365 g/mol. The van der Waals surface area contributed by atoms with Crippen LogP contribution in [0.25, 0.3) is 0 Å². The molecule has 0 fully saturated rings. The fourth-order valence-electron chi connectivity index (χ4n) is 1.97. The first kappa shape index (κ1) is 20.6. The molecule has 1 rings (SSSR count). The molecule has 0 aliphatic rings. The maximum absolute atomic E-state index is 12.2. The van der Waals surface area contributed by atoms with Crippen LogP contribution in [-0.4, -0.2) is 58.5 Å². The van der Waals surface area contributed by atoms with Gasteiger partial charge in [0, 0.05) is 6.42 Å². The van der Waals surface area contributed by atoms with Crippen LogP contribution in [0.5, 0.6) is 0 Å². The van der Waals surface area contributed by atoms with E-state index in [9.17, 15) is 24.0 Å². The van der Waals surface area contributed by atoms with Gasteiger partial charge in [-0.3, -0.25) is 19.2 Å². The zero-order valence-corrected chi connectivity index (χ0v) is 13.9. The SMILES string of the molecule is C[C@H](NC(=O)C(=O)O)C(=O)N[C@@H](Cc1ccccc1)C(=O)NCC(=O)O. The molecule has 1 aromatic rings. The molecule has 0 aromatic heterocycles. The summed E-state index contributed by atoms with van der Waals surface area (Å²) in [5.74, 6) is -5.86. The van der Waals surface area contributed by atoms with Crippen molar-refractivity contribution in [2.45, 2.75) is 25.4 Å². The molecule has 26 heavy (non-hydrogen) atoms. The Morgan fingerprint density at radius 1 is 0.962 bits per heavy atom. The Morgan fingerprint density at radius 2 is 1.58 bits per heavy atom. The molecule has 2 atom stereocenters. The van der Waals surface area contributed by atoms with E-state index in [1.165, 1.54) is 6.92 Å². The summed E-state index contributed by atoms with van der Waals surface area (Å²) in [6.07, 6.45) is 0.0810. The smallest absolute Gasteiger partial charge is 0.394 e. The second-order valence-corrected chi connectivity index (χ2v) is 5.36. The molecule has 0 heterocycles. The van der Waals surface area contributed by atoms with Crippen LogP contribution in [0.15, 0.2) is 30.3 Å². The molecule has 0 bridgehead atoms. The normalized spacial score (nSPS) is 12.3. The zero-order valence-electron chi connectivity index (χ0n) is 13.9. The van der Waals surface area contributed by atoms with Crippen LogP contribution in [0.1, 0.15) is 12.5 Å². The highest BCUT2D eigenvalue weighted by atomic mass is 16.4. The second kappa shape index (κ2) is 9.77. The van der Waals surface area contributed by atoms with Gasteiger partial charge < -0.3 is 26.2 Å². The molecule has 10 heteroatoms. The summed E-state index contributed by atoms with van der Waals surface area (Å²) in [5, 5.41) is 23.7. The molecule has 0 spiro atoms. The lowest BCUT2D eigenvalue weighted by Crippen LogP contribution is -2.54. The van der Waals surface area contributed by atoms with Gasteiger partial charge in [0.25, 0.3) is 0 Å². The largest absolute Gasteiger partial charge is 0.480 e. The van der Waals surface area contributed by atoms with E-state index >= 15 is 0 Å². The minimum atomic E-state index is -1.75. The first-order valence-corrected chi connectivity index (χ1v) is 7.58. The highest BCUT2D eigenvalue weighted by molar-refractivity contribution is 6.32. The quantitative estimate of drug-likeness (QED) is 0.350. The van der Waals surface area contributed by atoms with Crippen molar-refractivity contribution < 1.29 is 34.2 Å². The van der Waals surface area contributed by atoms with Crippen LogP contribution in [0, 0.1) is 0 Å². The third kappa shape index (κ3) is 6.99. The van der Waals surface area contributed by atoms with Crippen LogP contribution >= 0.6 is 0 Å². The molecule has 1 aromatic carbocycles. The number of hydrogen-bond donors (Lipinski definition) is 5. The number of carbonyl (C=O) groups excluding carboxylic acids is 3. The Morgan fingerprint density at radius 3 is 2.12 bits per heavy atom. The lowest BCUT2D eigenvalue weighted by molar-refractivity contribution is -0.151. The molecule has 5 N–H and O–H groups in total. The van der Waals surface area contributed by atoms with Crippen molar-refractivity contribution in [2.24, 2.45) is 0 Å². The predicted molar refractivity (Wildman–Crippen MR) is 88.0 cm³/mol. The topological polar surface area (TPSA) is 162 Å². The summed E-state index contributed by atoms with van der Waals surface area (Å²) in [4.78, 5) is 56.5. The second-order valence-electron chi connectivity index (χ2n) is 5.36. The van der Waals surface area contributed by atoms with Crippen molar-refractivity contribution in [1.82, 2.24) is 16.0 Å². The van der Waals surface area contributed by atoms with Crippen molar-refractivity contribution in [1.29, 1.82) is 0 Å². The Hall–Kier alpha value is -3.43. The van der Waals surface area contributed by atoms with Crippen molar-refractivity contribution in [3.8, 4) is 0 Å². The van der Waals surface area contributed by atoms with Gasteiger partial charge in [-0.1, -0.05) is 30.3 Å². The molecular weight excluding hydrogens is 346 g/mol. The van der Waals surface area contributed by atoms with Gasteiger partial charge in [-0.25, -0.2) is 4.79 Å². The molecule has 140 valence electrons. The van der Waals surface area contributed by atoms with Crippen LogP contribution in [0.2, 0.25) is 0 Å². The predicted octanol–water partition coefficient (Wildman–Crippen LogP) is -1.50. The molecule has 0 aliphatic heterocycles. The Labute approximate surface area is 148 Å². The van der Waals surface area contributed by atoms with E-state index in [4.69, 9.17) is 10.2 Å². The van der Waals surface area contributed by atoms with E-state index in [0.717, 1.165) is 0 Å². The molecule has 0 aliphatic carbocycles. The van der Waals surface area contributed by atoms with Gasteiger partial charge >= 0.3 is 17.8 Å². The molecule has 0 radical (unpaired) electrons. The number of nitrogens with one attached hydrogen (secondary N) is 3. The van der Waals surface area contributed by atoms with E-state index in [1.807, 2.05) is 5.32 Å². The summed E-state index contributed by atoms with van der Waals surface area (Å²) < 4.78 is 0. The summed E-state index contributed by atoms with van der Waals surface area (Å²) in [6, 6.07) is 6.37. The average molecular weight is 365 g/mol. The first-order valence-electron chi connectivity index (χ1n) is 7.58. The Balaban J connectivity index is 2.81. The molecular formula is C16H19N3O7. The van der Waals surface area contributed by atoms with Gasteiger partial charge in [-0.2, -0.15) is 0 Å². The first-order chi connectivity index (χ1) is 12.2. The number of amides is 3. The highest BCUT2D eigenvalue weighted by Crippen LogP contribution is 2.04. The lowest BCUT2D eigenvalue weighted by atomic mass is 10.0. The summed E-state index contributed by atoms with van der Waals surface area (Å²) in [5.41, 5.74) is 0.713. The van der Waals surface area contributed by atoms with Gasteiger partial charge in [-0.05, 0) is 12.5 Å². The number of carboxylic acid groups (broad SMARTS) is 2. The lowest BCUT2D eigenvalue weighted by Gasteiger charge is -2.20. The zero-order chi connectivity index (χ0) is 19.7. The van der Waals surface area contributed by atoms with Crippen molar-refractivity contribution >= 4 is 29.7 Å². The van der Waals surface area contributed by atoms with E-state index in [0.29, 0.717) is 5.56 Å². The number of rotatable bonds is 8. The van der Waals surface area contributed by atoms with E-state index in [-0.39, 0.29) is 6.42 Å². The van der Waals surface area contributed by atoms with Crippen LogP contribution in [0.4, 0.5) is 0 Å². The van der Waals surface area contributed by atoms with Crippen LogP contribution in [-0.2, 0) is 30.4 Å². The standard InChI is InChI=1S/C16H19N3O7/c1-9(18-15(24)16(25)26)13(22)19-11(14(23)17-8-12(20)21)7-10-5-3-2-4-6-10/h2-6,9,11H,7-8H2,1H3,(H,17,23)(H,18,24)(H,19,22)(H,20,21)(H,25,26)/t9-,11-/m0/s1. The average Bonchev–Trinajstić information content (AvgIpc) is 2.59. The fourth-order valence-corrected chi connectivity index (χ4v) is 1.97. The Bertz CT molecular complexity index is 690. The highest BCUT2D eigenvalue weighted by Gasteiger charge is 2.26. The molecule has 3 amide bonds. The van der Waals surface area contributed by atoms with E-state index in [1.54, 1.807) is 30.3 Å². The van der Waals surface area contributed by atoms with Crippen molar-refractivity contribution in [3.05, 3.63) is 35.9 Å². The van der Waals surface area contributed by atoms with Crippen LogP contribution < -0.4 is 16.0 Å². The molecule has 0 saturated heterocycles. The summed E-state index contributed by atoms with van der Waals surface area (Å²) in [7, 11) is 0. The number of aliphatic carboxylic acids is 2. The number of carboxylic acids is 2. The van der Waals surface area contributed by atoms with Crippen molar-refractivity contribution in [3.63, 3.8) is 0 Å². The maximum atomic E-state index is 12.2. The van der Waals surface area contributed by atoms with E-state index in [2.05, 4.69) is 10.6 Å². The Kier molecular flexibility index (Phi) is 7.74. The van der Waals surface area contributed by atoms with E-state index < -0.39 is 48.3 Å². The number of carbonyl (C=O) groups is 5. The van der Waals surface area contributed by atoms with Gasteiger partial charge in [0.15, 0.2) is 0 Å². The fraction of sp³-hybridized carbons (Fsp3) is 0.312. The minimum absolute atomic E-state index is 0.0810. The van der Waals surface area contributed by atoms with Gasteiger partial charge in [0.1, 0.15) is 18.6 Å². The summed E-state index contributed by atoms with van der Waals surface area (Å²) >= 11 is 0. The third-order valence-electron chi connectivity index (χ3n) is 3.26. The minimum Gasteiger partial charge on any atom is -0.480 e. The van der Waals surface area contributed by atoms with Crippen molar-refractivity contribution in [2.75, 3.05) is 6.54 Å². The van der Waals surface area contributed by atoms with Gasteiger partial charge in [0.2, 0.25) is 11.8 Å². The van der Waals surface area contributed by atoms with Gasteiger partial charge in [0.05, 0.1) is 0 Å². The van der Waals surface area contributed by atoms with Crippen LogP contribution in [0.3, 0.4) is 0 Å². The molecule has 10 nitrogen and oxygen atoms in total. The third-order valence-corrected chi connectivity index (χ3v) is 3.26. The maximum Gasteiger partial charge on any atom is 0.394 e. The molecule has 0 unspecified atom stereocenters. The summed E-state index contributed by atoms with van der Waals surface area (Å²) in [6.45, 7) is 0.635.